The molecular formula is C20H33N3O2. The summed E-state index contributed by atoms with van der Waals surface area (Å²) in [6.45, 7) is 3.53. The standard InChI is InChI=1S/C20H33N3O2/c24-18-9-11-20(15-23(18)13-16-7-8-16)10-4-12-22(14-20)19(25)21-17-5-2-1-3-6-17/h16-17H,1-15H2,(H,21,25)/t20-/m1/s1. The number of nitrogens with zero attached hydrogens (tertiary/aromatic N) is 2. The highest BCUT2D eigenvalue weighted by atomic mass is 16.2. The van der Waals surface area contributed by atoms with Gasteiger partial charge in [0.25, 0.3) is 0 Å². The summed E-state index contributed by atoms with van der Waals surface area (Å²) in [5, 5.41) is 3.28. The van der Waals surface area contributed by atoms with Gasteiger partial charge in [-0.05, 0) is 50.9 Å². The number of hydrogen-bond donors (Lipinski definition) is 1. The van der Waals surface area contributed by atoms with Crippen LogP contribution in [0.25, 0.3) is 0 Å². The van der Waals surface area contributed by atoms with Crippen molar-refractivity contribution < 1.29 is 9.59 Å². The van der Waals surface area contributed by atoms with Crippen molar-refractivity contribution in [3.8, 4) is 0 Å². The van der Waals surface area contributed by atoms with Gasteiger partial charge in [-0.2, -0.15) is 0 Å². The first-order chi connectivity index (χ1) is 12.1. The Bertz CT molecular complexity index is 513. The smallest absolute Gasteiger partial charge is 0.317 e. The molecule has 0 aromatic rings. The number of urea groups is 1. The maximum absolute atomic E-state index is 12.8. The van der Waals surface area contributed by atoms with Gasteiger partial charge in [0.1, 0.15) is 0 Å². The van der Waals surface area contributed by atoms with Gasteiger partial charge in [-0.3, -0.25) is 4.79 Å². The zero-order chi connectivity index (χ0) is 17.3. The first-order valence-corrected chi connectivity index (χ1v) is 10.5. The van der Waals surface area contributed by atoms with Crippen LogP contribution in [0.1, 0.15) is 70.6 Å². The predicted octanol–water partition coefficient (Wildman–Crippen LogP) is 3.14. The third kappa shape index (κ3) is 4.12. The van der Waals surface area contributed by atoms with Crippen LogP contribution in [0.15, 0.2) is 0 Å². The maximum atomic E-state index is 12.8. The molecule has 4 rings (SSSR count). The average molecular weight is 348 g/mol. The topological polar surface area (TPSA) is 52.7 Å². The third-order valence-electron chi connectivity index (χ3n) is 6.81. The number of amides is 3. The highest BCUT2D eigenvalue weighted by Crippen LogP contribution is 2.40. The van der Waals surface area contributed by atoms with E-state index in [0.717, 1.165) is 64.2 Å². The van der Waals surface area contributed by atoms with Gasteiger partial charge in [-0.15, -0.1) is 0 Å². The number of rotatable bonds is 3. The van der Waals surface area contributed by atoms with Gasteiger partial charge in [0, 0.05) is 44.1 Å². The molecule has 1 atom stereocenters. The second-order valence-electron chi connectivity index (χ2n) is 9.03. The van der Waals surface area contributed by atoms with E-state index in [2.05, 4.69) is 10.2 Å². The van der Waals surface area contributed by atoms with Crippen molar-refractivity contribution in [2.75, 3.05) is 26.2 Å². The van der Waals surface area contributed by atoms with Gasteiger partial charge < -0.3 is 15.1 Å². The van der Waals surface area contributed by atoms with Crippen LogP contribution in [0.3, 0.4) is 0 Å². The van der Waals surface area contributed by atoms with Crippen LogP contribution in [-0.2, 0) is 4.79 Å². The fourth-order valence-electron chi connectivity index (χ4n) is 5.11. The Morgan fingerprint density at radius 3 is 2.60 bits per heavy atom. The summed E-state index contributed by atoms with van der Waals surface area (Å²) in [5.74, 6) is 1.08. The lowest BCUT2D eigenvalue weighted by Gasteiger charge is -2.48. The van der Waals surface area contributed by atoms with E-state index in [1.54, 1.807) is 0 Å². The summed E-state index contributed by atoms with van der Waals surface area (Å²) in [7, 11) is 0. The molecule has 2 saturated heterocycles. The second-order valence-corrected chi connectivity index (χ2v) is 9.03. The SMILES string of the molecule is O=C1CC[C@@]2(CCCN(C(=O)NC3CCCCC3)C2)CN1CC1CC1. The van der Waals surface area contributed by atoms with Crippen LogP contribution < -0.4 is 5.32 Å². The fraction of sp³-hybridized carbons (Fsp3) is 0.900. The van der Waals surface area contributed by atoms with E-state index in [1.165, 1.54) is 32.1 Å². The van der Waals surface area contributed by atoms with E-state index in [4.69, 9.17) is 0 Å². The van der Waals surface area contributed by atoms with E-state index in [-0.39, 0.29) is 11.4 Å². The molecule has 2 saturated carbocycles. The molecule has 2 aliphatic carbocycles. The zero-order valence-corrected chi connectivity index (χ0v) is 15.5. The second kappa shape index (κ2) is 7.16. The maximum Gasteiger partial charge on any atom is 0.317 e. The van der Waals surface area contributed by atoms with Crippen molar-refractivity contribution in [3.63, 3.8) is 0 Å². The van der Waals surface area contributed by atoms with Crippen molar-refractivity contribution in [3.05, 3.63) is 0 Å². The first-order valence-electron chi connectivity index (χ1n) is 10.5. The molecule has 140 valence electrons. The molecule has 25 heavy (non-hydrogen) atoms. The lowest BCUT2D eigenvalue weighted by molar-refractivity contribution is -0.139. The lowest BCUT2D eigenvalue weighted by Crippen LogP contribution is -2.57. The molecule has 4 fully saturated rings. The molecule has 2 aliphatic heterocycles. The molecule has 0 bridgehead atoms. The van der Waals surface area contributed by atoms with Crippen LogP contribution >= 0.6 is 0 Å². The number of likely N-dealkylation sites (tertiary alicyclic amines) is 2. The fourth-order valence-corrected chi connectivity index (χ4v) is 5.11. The molecular weight excluding hydrogens is 314 g/mol. The summed E-state index contributed by atoms with van der Waals surface area (Å²) >= 11 is 0. The molecule has 0 unspecified atom stereocenters. The Kier molecular flexibility index (Phi) is 4.92. The Labute approximate surface area is 151 Å². The van der Waals surface area contributed by atoms with Crippen molar-refractivity contribution in [2.45, 2.75) is 76.7 Å². The number of carbonyl (C=O) groups is 2. The van der Waals surface area contributed by atoms with E-state index in [9.17, 15) is 9.59 Å². The number of hydrogen-bond acceptors (Lipinski definition) is 2. The van der Waals surface area contributed by atoms with Crippen molar-refractivity contribution >= 4 is 11.9 Å². The summed E-state index contributed by atoms with van der Waals surface area (Å²) < 4.78 is 0. The lowest BCUT2D eigenvalue weighted by atomic mass is 9.73. The Morgan fingerprint density at radius 1 is 1.04 bits per heavy atom. The van der Waals surface area contributed by atoms with Crippen molar-refractivity contribution in [2.24, 2.45) is 11.3 Å². The highest BCUT2D eigenvalue weighted by molar-refractivity contribution is 5.77. The predicted molar refractivity (Wildman–Crippen MR) is 97.2 cm³/mol. The quantitative estimate of drug-likeness (QED) is 0.853. The molecule has 5 heteroatoms. The number of nitrogens with one attached hydrogen (secondary N) is 1. The largest absolute Gasteiger partial charge is 0.342 e. The van der Waals surface area contributed by atoms with Gasteiger partial charge >= 0.3 is 6.03 Å². The Hall–Kier alpha value is -1.26. The minimum Gasteiger partial charge on any atom is -0.342 e. The molecule has 0 radical (unpaired) electrons. The molecule has 2 heterocycles. The Balaban J connectivity index is 1.35. The van der Waals surface area contributed by atoms with Crippen LogP contribution in [0.4, 0.5) is 4.79 Å². The summed E-state index contributed by atoms with van der Waals surface area (Å²) in [5.41, 5.74) is 0.144. The molecule has 4 aliphatic rings. The summed E-state index contributed by atoms with van der Waals surface area (Å²) in [6.07, 6.45) is 12.5. The molecule has 5 nitrogen and oxygen atoms in total. The van der Waals surface area contributed by atoms with E-state index >= 15 is 0 Å². The van der Waals surface area contributed by atoms with E-state index < -0.39 is 0 Å². The molecule has 3 amide bonds. The zero-order valence-electron chi connectivity index (χ0n) is 15.5. The van der Waals surface area contributed by atoms with Crippen LogP contribution in [0.5, 0.6) is 0 Å². The van der Waals surface area contributed by atoms with Gasteiger partial charge in [0.15, 0.2) is 0 Å². The van der Waals surface area contributed by atoms with Gasteiger partial charge in [-0.25, -0.2) is 4.79 Å². The van der Waals surface area contributed by atoms with Crippen molar-refractivity contribution in [1.82, 2.24) is 15.1 Å². The summed E-state index contributed by atoms with van der Waals surface area (Å²) in [6, 6.07) is 0.509. The first kappa shape index (κ1) is 17.2. The molecule has 1 spiro atoms. The molecule has 0 aromatic carbocycles. The highest BCUT2D eigenvalue weighted by Gasteiger charge is 2.43. The van der Waals surface area contributed by atoms with Crippen molar-refractivity contribution in [1.29, 1.82) is 0 Å². The van der Waals surface area contributed by atoms with E-state index in [1.807, 2.05) is 4.90 Å². The normalized spacial score (nSPS) is 31.4. The van der Waals surface area contributed by atoms with E-state index in [0.29, 0.717) is 18.4 Å². The minimum absolute atomic E-state index is 0.136. The van der Waals surface area contributed by atoms with Gasteiger partial charge in [0.2, 0.25) is 5.91 Å². The van der Waals surface area contributed by atoms with Gasteiger partial charge in [0.05, 0.1) is 0 Å². The number of piperidine rings is 2. The monoisotopic (exact) mass is 347 g/mol. The molecule has 1 N–H and O–H groups in total. The van der Waals surface area contributed by atoms with Crippen LogP contribution in [-0.4, -0.2) is 54.0 Å². The minimum atomic E-state index is 0.136. The average Bonchev–Trinajstić information content (AvgIpc) is 3.44. The van der Waals surface area contributed by atoms with Crippen LogP contribution in [0, 0.1) is 11.3 Å². The third-order valence-corrected chi connectivity index (χ3v) is 6.81. The molecule has 0 aromatic heterocycles. The summed E-state index contributed by atoms with van der Waals surface area (Å²) in [4.78, 5) is 29.2. The Morgan fingerprint density at radius 2 is 1.84 bits per heavy atom. The number of carbonyl (C=O) groups excluding carboxylic acids is 2. The van der Waals surface area contributed by atoms with Crippen LogP contribution in [0.2, 0.25) is 0 Å². The van der Waals surface area contributed by atoms with Gasteiger partial charge in [-0.1, -0.05) is 19.3 Å².